The van der Waals surface area contributed by atoms with Crippen molar-refractivity contribution < 1.29 is 9.47 Å². The van der Waals surface area contributed by atoms with E-state index in [0.717, 1.165) is 12.2 Å². The largest absolute Gasteiger partial charge is 0.497 e. The molecule has 0 aliphatic carbocycles. The molecule has 1 atom stereocenters. The molecule has 0 radical (unpaired) electrons. The van der Waals surface area contributed by atoms with Crippen molar-refractivity contribution in [3.8, 4) is 5.75 Å². The standard InChI is InChI=1S/C19H26O2/c1-7-18(14(3)13-15(4)20-5)19(8-2)16-9-11-17(21-6)12-10-16/h7,9-13,19H,4,8H2,1-3,5-6H3/b14-13-,18-7+. The summed E-state index contributed by atoms with van der Waals surface area (Å²) in [5.74, 6) is 1.92. The Bertz CT molecular complexity index is 521. The molecule has 0 spiro atoms. The van der Waals surface area contributed by atoms with Crippen molar-refractivity contribution in [2.75, 3.05) is 14.2 Å². The lowest BCUT2D eigenvalue weighted by Crippen LogP contribution is -2.03. The molecule has 0 fully saturated rings. The van der Waals surface area contributed by atoms with Crippen molar-refractivity contribution in [1.29, 1.82) is 0 Å². The molecule has 0 aromatic heterocycles. The van der Waals surface area contributed by atoms with E-state index >= 15 is 0 Å². The van der Waals surface area contributed by atoms with Gasteiger partial charge >= 0.3 is 0 Å². The van der Waals surface area contributed by atoms with Gasteiger partial charge in [0, 0.05) is 5.92 Å². The molecule has 1 aromatic rings. The van der Waals surface area contributed by atoms with Gasteiger partial charge in [0.25, 0.3) is 0 Å². The van der Waals surface area contributed by atoms with Crippen molar-refractivity contribution in [2.45, 2.75) is 33.1 Å². The molecule has 0 saturated carbocycles. The minimum atomic E-state index is 0.363. The average Bonchev–Trinajstić information content (AvgIpc) is 2.52. The van der Waals surface area contributed by atoms with Gasteiger partial charge < -0.3 is 9.47 Å². The molecule has 0 aliphatic heterocycles. The van der Waals surface area contributed by atoms with Crippen LogP contribution < -0.4 is 4.74 Å². The lowest BCUT2D eigenvalue weighted by Gasteiger charge is -2.21. The molecule has 1 unspecified atom stereocenters. The fraction of sp³-hybridized carbons (Fsp3) is 0.368. The minimum Gasteiger partial charge on any atom is -0.497 e. The van der Waals surface area contributed by atoms with Crippen LogP contribution >= 0.6 is 0 Å². The number of methoxy groups -OCH3 is 2. The highest BCUT2D eigenvalue weighted by Gasteiger charge is 2.16. The van der Waals surface area contributed by atoms with Gasteiger partial charge in [0.05, 0.1) is 14.2 Å². The van der Waals surface area contributed by atoms with Crippen LogP contribution in [0.3, 0.4) is 0 Å². The van der Waals surface area contributed by atoms with E-state index in [-0.39, 0.29) is 0 Å². The molecule has 0 amide bonds. The van der Waals surface area contributed by atoms with Crippen molar-refractivity contribution in [3.63, 3.8) is 0 Å². The first-order valence-corrected chi connectivity index (χ1v) is 7.29. The monoisotopic (exact) mass is 286 g/mol. The number of ether oxygens (including phenoxy) is 2. The first-order valence-electron chi connectivity index (χ1n) is 7.29. The van der Waals surface area contributed by atoms with Gasteiger partial charge in [-0.3, -0.25) is 0 Å². The van der Waals surface area contributed by atoms with Gasteiger partial charge in [-0.15, -0.1) is 0 Å². The van der Waals surface area contributed by atoms with Crippen LogP contribution in [0.2, 0.25) is 0 Å². The maximum absolute atomic E-state index is 5.23. The zero-order valence-corrected chi connectivity index (χ0v) is 13.8. The summed E-state index contributed by atoms with van der Waals surface area (Å²) in [5.41, 5.74) is 3.79. The van der Waals surface area contributed by atoms with Gasteiger partial charge in [-0.25, -0.2) is 0 Å². The van der Waals surface area contributed by atoms with E-state index < -0.39 is 0 Å². The summed E-state index contributed by atoms with van der Waals surface area (Å²) < 4.78 is 10.4. The molecule has 0 aliphatic rings. The summed E-state index contributed by atoms with van der Waals surface area (Å²) >= 11 is 0. The topological polar surface area (TPSA) is 18.5 Å². The van der Waals surface area contributed by atoms with Crippen LogP contribution in [-0.2, 0) is 4.74 Å². The Kier molecular flexibility index (Phi) is 6.80. The summed E-state index contributed by atoms with van der Waals surface area (Å²) in [6.45, 7) is 10.3. The van der Waals surface area contributed by atoms with Gasteiger partial charge in [-0.2, -0.15) is 0 Å². The first kappa shape index (κ1) is 17.1. The Hall–Kier alpha value is -1.96. The zero-order chi connectivity index (χ0) is 15.8. The third-order valence-electron chi connectivity index (χ3n) is 3.71. The van der Waals surface area contributed by atoms with Crippen LogP contribution in [0.25, 0.3) is 0 Å². The van der Waals surface area contributed by atoms with Crippen molar-refractivity contribution >= 4 is 0 Å². The molecule has 2 heteroatoms. The maximum Gasteiger partial charge on any atom is 0.118 e. The predicted molar refractivity (Wildman–Crippen MR) is 89.7 cm³/mol. The third kappa shape index (κ3) is 4.52. The molecule has 1 aromatic carbocycles. The minimum absolute atomic E-state index is 0.363. The van der Waals surface area contributed by atoms with Crippen molar-refractivity contribution in [3.05, 3.63) is 65.5 Å². The summed E-state index contributed by atoms with van der Waals surface area (Å²) in [7, 11) is 3.33. The maximum atomic E-state index is 5.23. The van der Waals surface area contributed by atoms with Crippen LogP contribution in [0.4, 0.5) is 0 Å². The predicted octanol–water partition coefficient (Wildman–Crippen LogP) is 5.24. The highest BCUT2D eigenvalue weighted by molar-refractivity contribution is 5.43. The number of benzene rings is 1. The molecule has 2 nitrogen and oxygen atoms in total. The second-order valence-electron chi connectivity index (χ2n) is 4.98. The molecule has 0 N–H and O–H groups in total. The van der Waals surface area contributed by atoms with Gasteiger partial charge in [-0.05, 0) is 55.2 Å². The molecule has 0 saturated heterocycles. The molecule has 114 valence electrons. The summed E-state index contributed by atoms with van der Waals surface area (Å²) in [5, 5.41) is 0. The molecular formula is C19H26O2. The lowest BCUT2D eigenvalue weighted by molar-refractivity contribution is 0.308. The van der Waals surface area contributed by atoms with E-state index in [4.69, 9.17) is 9.47 Å². The quantitative estimate of drug-likeness (QED) is 0.504. The normalized spacial score (nSPS) is 13.8. The molecule has 21 heavy (non-hydrogen) atoms. The Morgan fingerprint density at radius 1 is 1.24 bits per heavy atom. The van der Waals surface area contributed by atoms with E-state index in [9.17, 15) is 0 Å². The highest BCUT2D eigenvalue weighted by atomic mass is 16.5. The molecule has 1 rings (SSSR count). The lowest BCUT2D eigenvalue weighted by atomic mass is 9.84. The number of rotatable bonds is 7. The summed E-state index contributed by atoms with van der Waals surface area (Å²) in [6.07, 6.45) is 5.20. The van der Waals surface area contributed by atoms with Crippen LogP contribution in [0, 0.1) is 0 Å². The van der Waals surface area contributed by atoms with E-state index in [1.54, 1.807) is 14.2 Å². The average molecular weight is 286 g/mol. The number of hydrogen-bond acceptors (Lipinski definition) is 2. The van der Waals surface area contributed by atoms with E-state index in [1.807, 2.05) is 18.2 Å². The number of hydrogen-bond donors (Lipinski definition) is 0. The zero-order valence-electron chi connectivity index (χ0n) is 13.8. The second kappa shape index (κ2) is 8.35. The number of allylic oxidation sites excluding steroid dienone is 4. The summed E-state index contributed by atoms with van der Waals surface area (Å²) in [6, 6.07) is 8.29. The fourth-order valence-electron chi connectivity index (χ4n) is 2.56. The van der Waals surface area contributed by atoms with Gasteiger partial charge in [0.2, 0.25) is 0 Å². The molecule has 0 heterocycles. The molecular weight excluding hydrogens is 260 g/mol. The Morgan fingerprint density at radius 2 is 1.86 bits per heavy atom. The fourth-order valence-corrected chi connectivity index (χ4v) is 2.56. The smallest absolute Gasteiger partial charge is 0.118 e. The van der Waals surface area contributed by atoms with Crippen molar-refractivity contribution in [2.24, 2.45) is 0 Å². The summed E-state index contributed by atoms with van der Waals surface area (Å²) in [4.78, 5) is 0. The van der Waals surface area contributed by atoms with E-state index in [2.05, 4.69) is 45.6 Å². The van der Waals surface area contributed by atoms with Crippen LogP contribution in [0.5, 0.6) is 5.75 Å². The van der Waals surface area contributed by atoms with Crippen LogP contribution in [-0.4, -0.2) is 14.2 Å². The Balaban J connectivity index is 3.10. The van der Waals surface area contributed by atoms with Gasteiger partial charge in [0.15, 0.2) is 0 Å². The molecule has 0 bridgehead atoms. The highest BCUT2D eigenvalue weighted by Crippen LogP contribution is 2.33. The van der Waals surface area contributed by atoms with Gasteiger partial charge in [0.1, 0.15) is 11.5 Å². The van der Waals surface area contributed by atoms with E-state index in [0.29, 0.717) is 11.7 Å². The first-order chi connectivity index (χ1) is 10.1. The third-order valence-corrected chi connectivity index (χ3v) is 3.71. The Labute approximate surface area is 128 Å². The van der Waals surface area contributed by atoms with E-state index in [1.165, 1.54) is 16.7 Å². The van der Waals surface area contributed by atoms with Crippen LogP contribution in [0.1, 0.15) is 38.7 Å². The van der Waals surface area contributed by atoms with Gasteiger partial charge in [-0.1, -0.05) is 31.7 Å². The SMILES string of the molecule is C=C(/C=C(C)\C(=C/C)C(CC)c1ccc(OC)cc1)OC. The second-order valence-corrected chi connectivity index (χ2v) is 4.98. The Morgan fingerprint density at radius 3 is 2.29 bits per heavy atom. The van der Waals surface area contributed by atoms with Crippen molar-refractivity contribution in [1.82, 2.24) is 0 Å². The van der Waals surface area contributed by atoms with Crippen LogP contribution in [0.15, 0.2) is 59.9 Å².